The van der Waals surface area contributed by atoms with Crippen molar-refractivity contribution < 1.29 is 14.3 Å². The summed E-state index contributed by atoms with van der Waals surface area (Å²) in [5.41, 5.74) is 1.22. The first kappa shape index (κ1) is 17.9. The van der Waals surface area contributed by atoms with Gasteiger partial charge in [0.05, 0.1) is 18.4 Å². The number of anilines is 2. The Bertz CT molecular complexity index is 785. The minimum atomic E-state index is -0.490. The lowest BCUT2D eigenvalue weighted by Crippen LogP contribution is -2.23. The van der Waals surface area contributed by atoms with Crippen LogP contribution in [0.15, 0.2) is 42.6 Å². The van der Waals surface area contributed by atoms with Crippen LogP contribution in [0.5, 0.6) is 0 Å². The molecule has 1 aromatic carbocycles. The number of rotatable bonds is 5. The average molecular weight is 353 g/mol. The Hall–Kier alpha value is -2.89. The number of esters is 1. The third kappa shape index (κ3) is 4.39. The highest BCUT2D eigenvalue weighted by atomic mass is 16.5. The van der Waals surface area contributed by atoms with Gasteiger partial charge in [0.2, 0.25) is 0 Å². The van der Waals surface area contributed by atoms with E-state index in [1.54, 1.807) is 42.6 Å². The van der Waals surface area contributed by atoms with E-state index < -0.39 is 5.97 Å². The molecule has 1 saturated carbocycles. The molecule has 1 aliphatic rings. The van der Waals surface area contributed by atoms with Crippen molar-refractivity contribution in [3.8, 4) is 0 Å². The lowest BCUT2D eigenvalue weighted by molar-refractivity contribution is 0.0602. The van der Waals surface area contributed by atoms with Gasteiger partial charge in [-0.05, 0) is 37.1 Å². The van der Waals surface area contributed by atoms with E-state index in [0.717, 1.165) is 12.8 Å². The van der Waals surface area contributed by atoms with Gasteiger partial charge in [-0.3, -0.25) is 4.79 Å². The van der Waals surface area contributed by atoms with Crippen LogP contribution in [-0.2, 0) is 4.74 Å². The molecule has 0 bridgehead atoms. The Morgan fingerprint density at radius 1 is 1.12 bits per heavy atom. The predicted molar refractivity (Wildman–Crippen MR) is 100 cm³/mol. The largest absolute Gasteiger partial charge is 0.465 e. The van der Waals surface area contributed by atoms with Crippen LogP contribution in [-0.4, -0.2) is 30.0 Å². The monoisotopic (exact) mass is 353 g/mol. The van der Waals surface area contributed by atoms with Crippen LogP contribution in [0.1, 0.15) is 52.8 Å². The third-order valence-electron chi connectivity index (χ3n) is 4.56. The summed E-state index contributed by atoms with van der Waals surface area (Å²) in [4.78, 5) is 28.8. The van der Waals surface area contributed by atoms with E-state index in [2.05, 4.69) is 15.6 Å². The Balaban J connectivity index is 1.72. The number of amides is 1. The molecule has 136 valence electrons. The van der Waals surface area contributed by atoms with Gasteiger partial charge in [0.25, 0.3) is 5.91 Å². The van der Waals surface area contributed by atoms with Gasteiger partial charge in [-0.1, -0.05) is 31.4 Å². The maximum atomic E-state index is 12.6. The Labute approximate surface area is 153 Å². The topological polar surface area (TPSA) is 80.3 Å². The first-order valence-electron chi connectivity index (χ1n) is 8.88. The van der Waals surface area contributed by atoms with Crippen LogP contribution in [0, 0.1) is 0 Å². The molecule has 0 atom stereocenters. The fourth-order valence-corrected chi connectivity index (χ4v) is 3.18. The van der Waals surface area contributed by atoms with E-state index in [1.807, 2.05) is 0 Å². The molecule has 2 aromatic rings. The number of carbonyl (C=O) groups excluding carboxylic acids is 2. The summed E-state index contributed by atoms with van der Waals surface area (Å²) in [6.45, 7) is 0. The van der Waals surface area contributed by atoms with E-state index in [0.29, 0.717) is 28.7 Å². The number of hydrogen-bond acceptors (Lipinski definition) is 5. The summed E-state index contributed by atoms with van der Waals surface area (Å²) < 4.78 is 4.76. The van der Waals surface area contributed by atoms with E-state index in [4.69, 9.17) is 4.74 Å². The predicted octanol–water partition coefficient (Wildman–Crippen LogP) is 3.87. The zero-order chi connectivity index (χ0) is 18.4. The van der Waals surface area contributed by atoms with Gasteiger partial charge in [-0.25, -0.2) is 9.78 Å². The molecule has 1 aliphatic carbocycles. The summed E-state index contributed by atoms with van der Waals surface area (Å²) in [5.74, 6) is -0.0865. The lowest BCUT2D eigenvalue weighted by atomic mass is 9.95. The highest BCUT2D eigenvalue weighted by molar-refractivity contribution is 6.08. The van der Waals surface area contributed by atoms with Crippen molar-refractivity contribution in [3.05, 3.63) is 53.7 Å². The van der Waals surface area contributed by atoms with Crippen LogP contribution in [0.2, 0.25) is 0 Å². The smallest absolute Gasteiger partial charge is 0.339 e. The summed E-state index contributed by atoms with van der Waals surface area (Å²) in [5, 5.41) is 6.19. The van der Waals surface area contributed by atoms with Crippen LogP contribution in [0.4, 0.5) is 11.5 Å². The van der Waals surface area contributed by atoms with Crippen molar-refractivity contribution in [2.75, 3.05) is 17.7 Å². The molecule has 0 unspecified atom stereocenters. The van der Waals surface area contributed by atoms with Crippen molar-refractivity contribution in [3.63, 3.8) is 0 Å². The molecule has 0 saturated heterocycles. The molecular formula is C20H23N3O3. The second-order valence-corrected chi connectivity index (χ2v) is 6.40. The molecule has 6 heteroatoms. The average Bonchev–Trinajstić information content (AvgIpc) is 2.69. The fraction of sp³-hybridized carbons (Fsp3) is 0.350. The fourth-order valence-electron chi connectivity index (χ4n) is 3.18. The summed E-state index contributed by atoms with van der Waals surface area (Å²) in [6, 6.07) is 10.6. The van der Waals surface area contributed by atoms with Gasteiger partial charge in [0.15, 0.2) is 0 Å². The van der Waals surface area contributed by atoms with Gasteiger partial charge >= 0.3 is 5.97 Å². The SMILES string of the molecule is COC(=O)c1ccccc1NC(=O)c1ccnc(NC2CCCCC2)c1. The summed E-state index contributed by atoms with van der Waals surface area (Å²) in [7, 11) is 1.31. The van der Waals surface area contributed by atoms with Gasteiger partial charge in [-0.15, -0.1) is 0 Å². The number of hydrogen-bond donors (Lipinski definition) is 2. The van der Waals surface area contributed by atoms with Crippen molar-refractivity contribution in [1.82, 2.24) is 4.98 Å². The zero-order valence-electron chi connectivity index (χ0n) is 14.8. The molecule has 3 rings (SSSR count). The summed E-state index contributed by atoms with van der Waals surface area (Å²) >= 11 is 0. The molecule has 1 amide bonds. The number of carbonyl (C=O) groups is 2. The highest BCUT2D eigenvalue weighted by Crippen LogP contribution is 2.22. The molecule has 6 nitrogen and oxygen atoms in total. The number of para-hydroxylation sites is 1. The first-order valence-corrected chi connectivity index (χ1v) is 8.88. The maximum Gasteiger partial charge on any atom is 0.339 e. The molecule has 1 fully saturated rings. The lowest BCUT2D eigenvalue weighted by Gasteiger charge is -2.23. The van der Waals surface area contributed by atoms with Crippen molar-refractivity contribution >= 4 is 23.4 Å². The van der Waals surface area contributed by atoms with Crippen LogP contribution in [0.3, 0.4) is 0 Å². The minimum absolute atomic E-state index is 0.296. The second kappa shape index (κ2) is 8.47. The van der Waals surface area contributed by atoms with Gasteiger partial charge < -0.3 is 15.4 Å². The van der Waals surface area contributed by atoms with Crippen LogP contribution in [0.25, 0.3) is 0 Å². The van der Waals surface area contributed by atoms with Gasteiger partial charge in [-0.2, -0.15) is 0 Å². The quantitative estimate of drug-likeness (QED) is 0.798. The first-order chi connectivity index (χ1) is 12.7. The molecule has 0 radical (unpaired) electrons. The number of aromatic nitrogens is 1. The van der Waals surface area contributed by atoms with Crippen LogP contribution < -0.4 is 10.6 Å². The number of nitrogens with one attached hydrogen (secondary N) is 2. The number of pyridine rings is 1. The highest BCUT2D eigenvalue weighted by Gasteiger charge is 2.16. The molecule has 1 heterocycles. The van der Waals surface area contributed by atoms with Crippen LogP contribution >= 0.6 is 0 Å². The van der Waals surface area contributed by atoms with Crippen molar-refractivity contribution in [1.29, 1.82) is 0 Å². The number of benzene rings is 1. The standard InChI is InChI=1S/C20H23N3O3/c1-26-20(25)16-9-5-6-10-17(16)23-19(24)14-11-12-21-18(13-14)22-15-7-3-2-4-8-15/h5-6,9-13,15H,2-4,7-8H2,1H3,(H,21,22)(H,23,24). The zero-order valence-corrected chi connectivity index (χ0v) is 14.8. The molecule has 1 aromatic heterocycles. The summed E-state index contributed by atoms with van der Waals surface area (Å²) in [6.07, 6.45) is 7.61. The molecular weight excluding hydrogens is 330 g/mol. The Kier molecular flexibility index (Phi) is 5.84. The minimum Gasteiger partial charge on any atom is -0.465 e. The van der Waals surface area contributed by atoms with Crippen molar-refractivity contribution in [2.24, 2.45) is 0 Å². The van der Waals surface area contributed by atoms with E-state index in [9.17, 15) is 9.59 Å². The second-order valence-electron chi connectivity index (χ2n) is 6.40. The number of methoxy groups -OCH3 is 1. The Morgan fingerprint density at radius 2 is 1.88 bits per heavy atom. The molecule has 0 aliphatic heterocycles. The normalized spacial score (nSPS) is 14.5. The molecule has 0 spiro atoms. The maximum absolute atomic E-state index is 12.6. The van der Waals surface area contributed by atoms with Crippen molar-refractivity contribution in [2.45, 2.75) is 38.1 Å². The van der Waals surface area contributed by atoms with E-state index in [-0.39, 0.29) is 5.91 Å². The van der Waals surface area contributed by atoms with E-state index >= 15 is 0 Å². The number of nitrogens with zero attached hydrogens (tertiary/aromatic N) is 1. The third-order valence-corrected chi connectivity index (χ3v) is 4.56. The number of ether oxygens (including phenoxy) is 1. The van der Waals surface area contributed by atoms with Gasteiger partial charge in [0, 0.05) is 17.8 Å². The van der Waals surface area contributed by atoms with E-state index in [1.165, 1.54) is 26.4 Å². The Morgan fingerprint density at radius 3 is 2.65 bits per heavy atom. The van der Waals surface area contributed by atoms with Gasteiger partial charge in [0.1, 0.15) is 5.82 Å². The molecule has 26 heavy (non-hydrogen) atoms. The molecule has 2 N–H and O–H groups in total.